The van der Waals surface area contributed by atoms with Gasteiger partial charge in [-0.15, -0.1) is 0 Å². The second-order valence-corrected chi connectivity index (χ2v) is 10.0. The first-order chi connectivity index (χ1) is 19.1. The van der Waals surface area contributed by atoms with Crippen molar-refractivity contribution in [2.45, 2.75) is 36.8 Å². The molecule has 0 amide bonds. The summed E-state index contributed by atoms with van der Waals surface area (Å²) in [6.07, 6.45) is -4.50. The highest BCUT2D eigenvalue weighted by molar-refractivity contribution is 5.63. The van der Waals surface area contributed by atoms with Crippen molar-refractivity contribution in [1.29, 1.82) is 0 Å². The molecule has 0 aliphatic carbocycles. The minimum atomic E-state index is -1.32. The van der Waals surface area contributed by atoms with Gasteiger partial charge in [-0.1, -0.05) is 24.3 Å². The third-order valence-electron chi connectivity index (χ3n) is 7.50. The molecular weight excluding hydrogens is 520 g/mol. The lowest BCUT2D eigenvalue weighted by Crippen LogP contribution is -2.35. The molecule has 2 aliphatic heterocycles. The Bertz CT molecular complexity index is 1600. The summed E-state index contributed by atoms with van der Waals surface area (Å²) in [4.78, 5) is 0. The monoisotopic (exact) mass is 546 g/mol. The first kappa shape index (κ1) is 25.5. The zero-order chi connectivity index (χ0) is 28.3. The maximum atomic E-state index is 11.6. The molecule has 0 fully saturated rings. The third-order valence-corrected chi connectivity index (χ3v) is 7.50. The molecule has 5 unspecified atom stereocenters. The van der Waals surface area contributed by atoms with Gasteiger partial charge in [-0.3, -0.25) is 0 Å². The summed E-state index contributed by atoms with van der Waals surface area (Å²) >= 11 is 0. The number of phenolic OH excluding ortho intramolecular Hbond substituents is 6. The van der Waals surface area contributed by atoms with Crippen molar-refractivity contribution in [3.05, 3.63) is 94.5 Å². The number of aliphatic hydroxyl groups is 2. The second kappa shape index (κ2) is 9.44. The number of hydrogen-bond donors (Lipinski definition) is 8. The van der Waals surface area contributed by atoms with Crippen LogP contribution in [0.4, 0.5) is 0 Å². The molecule has 2 aliphatic rings. The smallest absolute Gasteiger partial charge is 0.157 e. The summed E-state index contributed by atoms with van der Waals surface area (Å²) in [7, 11) is 0. The van der Waals surface area contributed by atoms with Gasteiger partial charge in [0.05, 0.1) is 6.10 Å². The second-order valence-electron chi connectivity index (χ2n) is 10.0. The number of ether oxygens (including phenoxy) is 2. The van der Waals surface area contributed by atoms with Gasteiger partial charge < -0.3 is 50.3 Å². The Morgan fingerprint density at radius 1 is 0.600 bits per heavy atom. The van der Waals surface area contributed by atoms with Gasteiger partial charge >= 0.3 is 0 Å². The lowest BCUT2D eigenvalue weighted by molar-refractivity contribution is 0.00667. The van der Waals surface area contributed by atoms with Crippen LogP contribution >= 0.6 is 0 Å². The molecule has 4 aromatic rings. The van der Waals surface area contributed by atoms with E-state index in [0.29, 0.717) is 16.7 Å². The number of phenols is 6. The van der Waals surface area contributed by atoms with Crippen molar-refractivity contribution in [1.82, 2.24) is 0 Å². The predicted octanol–water partition coefficient (Wildman–Crippen LogP) is 3.58. The van der Waals surface area contributed by atoms with Crippen LogP contribution in [-0.2, 0) is 6.42 Å². The Balaban J connectivity index is 1.44. The molecule has 0 radical (unpaired) electrons. The quantitative estimate of drug-likeness (QED) is 0.177. The molecule has 206 valence electrons. The molecule has 5 atom stereocenters. The maximum Gasteiger partial charge on any atom is 0.157 e. The van der Waals surface area contributed by atoms with Crippen molar-refractivity contribution >= 4 is 0 Å². The Morgan fingerprint density at radius 2 is 1.27 bits per heavy atom. The first-order valence-corrected chi connectivity index (χ1v) is 12.5. The highest BCUT2D eigenvalue weighted by atomic mass is 16.5. The molecule has 0 aromatic heterocycles. The highest BCUT2D eigenvalue weighted by Crippen LogP contribution is 2.54. The van der Waals surface area contributed by atoms with E-state index < -0.39 is 30.3 Å². The van der Waals surface area contributed by atoms with Gasteiger partial charge in [-0.25, -0.2) is 0 Å². The van der Waals surface area contributed by atoms with Crippen LogP contribution in [0.5, 0.6) is 46.0 Å². The third kappa shape index (κ3) is 4.14. The zero-order valence-electron chi connectivity index (χ0n) is 20.8. The Morgan fingerprint density at radius 3 is 2.00 bits per heavy atom. The molecule has 10 nitrogen and oxygen atoms in total. The summed E-state index contributed by atoms with van der Waals surface area (Å²) in [6, 6.07) is 15.6. The van der Waals surface area contributed by atoms with E-state index in [2.05, 4.69) is 0 Å². The molecule has 0 saturated heterocycles. The molecule has 40 heavy (non-hydrogen) atoms. The van der Waals surface area contributed by atoms with Gasteiger partial charge in [0.1, 0.15) is 46.7 Å². The molecule has 0 bridgehead atoms. The highest BCUT2D eigenvalue weighted by Gasteiger charge is 2.43. The number of benzene rings is 4. The topological polar surface area (TPSA) is 180 Å². The molecule has 0 saturated carbocycles. The maximum absolute atomic E-state index is 11.6. The van der Waals surface area contributed by atoms with Gasteiger partial charge in [0.15, 0.2) is 17.6 Å². The summed E-state index contributed by atoms with van der Waals surface area (Å²) in [5.74, 6) is -2.22. The minimum absolute atomic E-state index is 0.0122. The summed E-state index contributed by atoms with van der Waals surface area (Å²) in [5.41, 5.74) is 1.49. The SMILES string of the molecule is Oc1ccc(C2Oc3cc(O)ccc3C(c3c(O)cc4c(c3O)CC(O)C(c3ccc(O)c(O)c3)O4)C2O)cc1. The fourth-order valence-corrected chi connectivity index (χ4v) is 5.54. The van der Waals surface area contributed by atoms with Crippen molar-refractivity contribution < 1.29 is 50.3 Å². The number of rotatable bonds is 3. The zero-order valence-corrected chi connectivity index (χ0v) is 20.8. The molecule has 6 rings (SSSR count). The van der Waals surface area contributed by atoms with Crippen LogP contribution in [-0.4, -0.2) is 53.1 Å². The van der Waals surface area contributed by atoms with Gasteiger partial charge in [-0.05, 0) is 41.5 Å². The average molecular weight is 547 g/mol. The number of hydrogen-bond acceptors (Lipinski definition) is 10. The number of aromatic hydroxyl groups is 6. The van der Waals surface area contributed by atoms with Gasteiger partial charge in [-0.2, -0.15) is 0 Å². The van der Waals surface area contributed by atoms with E-state index in [9.17, 15) is 40.9 Å². The Kier molecular flexibility index (Phi) is 6.01. The van der Waals surface area contributed by atoms with Gasteiger partial charge in [0.25, 0.3) is 0 Å². The van der Waals surface area contributed by atoms with E-state index in [1.165, 1.54) is 54.6 Å². The van der Waals surface area contributed by atoms with E-state index in [-0.39, 0.29) is 63.5 Å². The normalized spacial score (nSPS) is 23.4. The molecule has 0 spiro atoms. The molecule has 4 aromatic carbocycles. The first-order valence-electron chi connectivity index (χ1n) is 12.5. The van der Waals surface area contributed by atoms with Crippen LogP contribution in [0.25, 0.3) is 0 Å². The lowest BCUT2D eigenvalue weighted by atomic mass is 9.78. The van der Waals surface area contributed by atoms with Crippen LogP contribution < -0.4 is 9.47 Å². The standard InChI is InChI=1S/C30H26O10/c31-15-4-1-13(2-5-15)30-28(38)25(17-7-6-16(32)10-23(17)40-30)26-21(35)12-24-18(27(26)37)11-22(36)29(39-24)14-3-8-19(33)20(34)9-14/h1-10,12,22,25,28-38H,11H2. The van der Waals surface area contributed by atoms with Gasteiger partial charge in [0.2, 0.25) is 0 Å². The number of fused-ring (bicyclic) bond motifs is 2. The van der Waals surface area contributed by atoms with Crippen LogP contribution in [0, 0.1) is 0 Å². The van der Waals surface area contributed by atoms with Crippen LogP contribution in [0.2, 0.25) is 0 Å². The van der Waals surface area contributed by atoms with Crippen molar-refractivity contribution in [2.24, 2.45) is 0 Å². The summed E-state index contributed by atoms with van der Waals surface area (Å²) < 4.78 is 12.0. The van der Waals surface area contributed by atoms with E-state index >= 15 is 0 Å². The van der Waals surface area contributed by atoms with Crippen molar-refractivity contribution in [3.63, 3.8) is 0 Å². The van der Waals surface area contributed by atoms with Crippen LogP contribution in [0.1, 0.15) is 45.9 Å². The fourth-order valence-electron chi connectivity index (χ4n) is 5.54. The van der Waals surface area contributed by atoms with E-state index in [1.54, 1.807) is 12.1 Å². The Labute approximate surface area is 227 Å². The lowest BCUT2D eigenvalue weighted by Gasteiger charge is -2.39. The minimum Gasteiger partial charge on any atom is -0.508 e. The number of aliphatic hydroxyl groups excluding tert-OH is 2. The Hall–Kier alpha value is -4.80. The molecular formula is C30H26O10. The molecule has 10 heteroatoms. The average Bonchev–Trinajstić information content (AvgIpc) is 2.92. The summed E-state index contributed by atoms with van der Waals surface area (Å²) in [5, 5.41) is 84.5. The van der Waals surface area contributed by atoms with E-state index in [4.69, 9.17) is 9.47 Å². The molecule has 8 N–H and O–H groups in total. The summed E-state index contributed by atoms with van der Waals surface area (Å²) in [6.45, 7) is 0. The van der Waals surface area contributed by atoms with Crippen LogP contribution in [0.3, 0.4) is 0 Å². The van der Waals surface area contributed by atoms with Gasteiger partial charge in [0, 0.05) is 41.2 Å². The van der Waals surface area contributed by atoms with E-state index in [0.717, 1.165) is 0 Å². The molecule has 2 heterocycles. The largest absolute Gasteiger partial charge is 0.508 e. The van der Waals surface area contributed by atoms with Crippen molar-refractivity contribution in [3.8, 4) is 46.0 Å². The van der Waals surface area contributed by atoms with Crippen molar-refractivity contribution in [2.75, 3.05) is 0 Å². The van der Waals surface area contributed by atoms with E-state index in [1.807, 2.05) is 0 Å². The predicted molar refractivity (Wildman–Crippen MR) is 140 cm³/mol. The van der Waals surface area contributed by atoms with Crippen LogP contribution in [0.15, 0.2) is 66.7 Å². The fraction of sp³-hybridized carbons (Fsp3) is 0.200.